The molecule has 0 radical (unpaired) electrons. The molecule has 0 aliphatic carbocycles. The van der Waals surface area contributed by atoms with Crippen molar-refractivity contribution in [2.24, 2.45) is 5.10 Å². The highest BCUT2D eigenvalue weighted by Gasteiger charge is 2.32. The Balaban J connectivity index is 1.77. The van der Waals surface area contributed by atoms with Gasteiger partial charge >= 0.3 is 0 Å². The van der Waals surface area contributed by atoms with Gasteiger partial charge in [-0.3, -0.25) is 5.01 Å². The Labute approximate surface area is 181 Å². The summed E-state index contributed by atoms with van der Waals surface area (Å²) < 4.78 is 16.2. The number of anilines is 1. The minimum absolute atomic E-state index is 0.0724. The Hall–Kier alpha value is -3.18. The smallest absolute Gasteiger partial charge is 0.179 e. The highest BCUT2D eigenvalue weighted by molar-refractivity contribution is 6.33. The fourth-order valence-electron chi connectivity index (χ4n) is 3.69. The lowest BCUT2D eigenvalue weighted by Gasteiger charge is -2.25. The topological polar surface area (TPSA) is 43.3 Å². The van der Waals surface area contributed by atoms with Crippen LogP contribution in [0.25, 0.3) is 0 Å². The van der Waals surface area contributed by atoms with Gasteiger partial charge in [-0.15, -0.1) is 0 Å². The molecule has 0 spiro atoms. The van der Waals surface area contributed by atoms with Crippen LogP contribution in [0.3, 0.4) is 0 Å². The summed E-state index contributed by atoms with van der Waals surface area (Å²) in [7, 11) is 4.86. The summed E-state index contributed by atoms with van der Waals surface area (Å²) in [5, 5.41) is 7.52. The van der Waals surface area contributed by atoms with Crippen LogP contribution in [0.2, 0.25) is 5.02 Å². The normalized spacial score (nSPS) is 15.7. The summed E-state index contributed by atoms with van der Waals surface area (Å²) in [6.45, 7) is 0. The van der Waals surface area contributed by atoms with Gasteiger partial charge in [-0.05, 0) is 53.6 Å². The standard InChI is InChI=1S/C24H23ClN2O3/c1-28-18-11-9-16(10-12-18)20-15-21(27(26-20)17-7-5-4-6-8-17)19-13-14-22(29-2)24(30-3)23(19)25/h4-14,21H,15H2,1-3H3. The minimum atomic E-state index is -0.0724. The van der Waals surface area contributed by atoms with E-state index in [1.54, 1.807) is 21.3 Å². The van der Waals surface area contributed by atoms with Crippen molar-refractivity contribution >= 4 is 23.0 Å². The number of benzene rings is 3. The van der Waals surface area contributed by atoms with Gasteiger partial charge in [0.2, 0.25) is 0 Å². The molecular weight excluding hydrogens is 400 g/mol. The largest absolute Gasteiger partial charge is 0.497 e. The first-order valence-electron chi connectivity index (χ1n) is 9.62. The zero-order valence-electron chi connectivity index (χ0n) is 17.1. The number of hydrazone groups is 1. The van der Waals surface area contributed by atoms with E-state index in [2.05, 4.69) is 0 Å². The Morgan fingerprint density at radius 1 is 0.867 bits per heavy atom. The van der Waals surface area contributed by atoms with E-state index in [1.807, 2.05) is 71.7 Å². The second-order valence-corrected chi connectivity index (χ2v) is 7.26. The van der Waals surface area contributed by atoms with Gasteiger partial charge in [0.25, 0.3) is 0 Å². The van der Waals surface area contributed by atoms with Gasteiger partial charge in [0, 0.05) is 6.42 Å². The molecule has 30 heavy (non-hydrogen) atoms. The second-order valence-electron chi connectivity index (χ2n) is 6.88. The SMILES string of the molecule is COc1ccc(C2=NN(c3ccccc3)C(c3ccc(OC)c(OC)c3Cl)C2)cc1. The van der Waals surface area contributed by atoms with Crippen molar-refractivity contribution in [3.05, 3.63) is 82.9 Å². The van der Waals surface area contributed by atoms with Crippen LogP contribution in [0.5, 0.6) is 17.2 Å². The van der Waals surface area contributed by atoms with Crippen LogP contribution >= 0.6 is 11.6 Å². The maximum absolute atomic E-state index is 6.76. The molecule has 3 aromatic carbocycles. The van der Waals surface area contributed by atoms with Crippen molar-refractivity contribution in [1.82, 2.24) is 0 Å². The molecule has 0 aromatic heterocycles. The first-order chi connectivity index (χ1) is 14.7. The number of ether oxygens (including phenoxy) is 3. The Morgan fingerprint density at radius 3 is 2.23 bits per heavy atom. The van der Waals surface area contributed by atoms with Crippen LogP contribution in [0, 0.1) is 0 Å². The third-order valence-electron chi connectivity index (χ3n) is 5.23. The lowest BCUT2D eigenvalue weighted by Crippen LogP contribution is -2.19. The molecule has 1 aliphatic rings. The summed E-state index contributed by atoms with van der Waals surface area (Å²) in [4.78, 5) is 0. The monoisotopic (exact) mass is 422 g/mol. The molecule has 0 bridgehead atoms. The van der Waals surface area contributed by atoms with Crippen LogP contribution in [0.4, 0.5) is 5.69 Å². The van der Waals surface area contributed by atoms with Crippen LogP contribution in [-0.2, 0) is 0 Å². The van der Waals surface area contributed by atoms with E-state index in [9.17, 15) is 0 Å². The quantitative estimate of drug-likeness (QED) is 0.509. The summed E-state index contributed by atoms with van der Waals surface area (Å²) >= 11 is 6.76. The number of halogens is 1. The van der Waals surface area contributed by atoms with Gasteiger partial charge in [0.15, 0.2) is 11.5 Å². The fourth-order valence-corrected chi connectivity index (χ4v) is 4.05. The lowest BCUT2D eigenvalue weighted by molar-refractivity contribution is 0.354. The van der Waals surface area contributed by atoms with Crippen molar-refractivity contribution in [2.75, 3.05) is 26.3 Å². The molecular formula is C24H23ClN2O3. The van der Waals surface area contributed by atoms with Gasteiger partial charge in [0.05, 0.1) is 43.8 Å². The van der Waals surface area contributed by atoms with E-state index in [0.717, 1.165) is 28.3 Å². The Kier molecular flexibility index (Phi) is 5.81. The van der Waals surface area contributed by atoms with Crippen molar-refractivity contribution in [1.29, 1.82) is 0 Å². The molecule has 4 rings (SSSR count). The Morgan fingerprint density at radius 2 is 1.60 bits per heavy atom. The van der Waals surface area contributed by atoms with Crippen molar-refractivity contribution in [2.45, 2.75) is 12.5 Å². The molecule has 5 nitrogen and oxygen atoms in total. The third kappa shape index (κ3) is 3.68. The highest BCUT2D eigenvalue weighted by Crippen LogP contribution is 2.45. The van der Waals surface area contributed by atoms with E-state index in [1.165, 1.54) is 0 Å². The summed E-state index contributed by atoms with van der Waals surface area (Å²) in [6.07, 6.45) is 0.705. The summed E-state index contributed by atoms with van der Waals surface area (Å²) in [5.74, 6) is 1.95. The van der Waals surface area contributed by atoms with E-state index in [0.29, 0.717) is 22.9 Å². The lowest BCUT2D eigenvalue weighted by atomic mass is 9.97. The summed E-state index contributed by atoms with van der Waals surface area (Å²) in [6, 6.07) is 21.8. The van der Waals surface area contributed by atoms with Gasteiger partial charge in [-0.1, -0.05) is 35.9 Å². The molecule has 154 valence electrons. The van der Waals surface area contributed by atoms with Crippen LogP contribution in [0.15, 0.2) is 71.8 Å². The molecule has 1 heterocycles. The first-order valence-corrected chi connectivity index (χ1v) is 10.0. The van der Waals surface area contributed by atoms with Gasteiger partial charge < -0.3 is 14.2 Å². The van der Waals surface area contributed by atoms with E-state index in [4.69, 9.17) is 30.9 Å². The van der Waals surface area contributed by atoms with Gasteiger partial charge in [0.1, 0.15) is 5.75 Å². The summed E-state index contributed by atoms with van der Waals surface area (Å²) in [5.41, 5.74) is 3.97. The zero-order valence-corrected chi connectivity index (χ0v) is 17.9. The van der Waals surface area contributed by atoms with E-state index >= 15 is 0 Å². The molecule has 0 saturated heterocycles. The zero-order chi connectivity index (χ0) is 21.1. The van der Waals surface area contributed by atoms with Crippen LogP contribution in [-0.4, -0.2) is 27.0 Å². The average molecular weight is 423 g/mol. The fraction of sp³-hybridized carbons (Fsp3) is 0.208. The van der Waals surface area contributed by atoms with E-state index in [-0.39, 0.29) is 6.04 Å². The third-order valence-corrected chi connectivity index (χ3v) is 5.62. The number of hydrogen-bond acceptors (Lipinski definition) is 5. The molecule has 0 amide bonds. The second kappa shape index (κ2) is 8.67. The number of para-hydroxylation sites is 1. The van der Waals surface area contributed by atoms with Crippen molar-refractivity contribution in [3.8, 4) is 17.2 Å². The van der Waals surface area contributed by atoms with Crippen LogP contribution < -0.4 is 19.2 Å². The number of nitrogens with zero attached hydrogens (tertiary/aromatic N) is 2. The molecule has 1 aliphatic heterocycles. The first kappa shape index (κ1) is 20.1. The van der Waals surface area contributed by atoms with E-state index < -0.39 is 0 Å². The van der Waals surface area contributed by atoms with Gasteiger partial charge in [-0.2, -0.15) is 5.10 Å². The van der Waals surface area contributed by atoms with Crippen molar-refractivity contribution in [3.63, 3.8) is 0 Å². The van der Waals surface area contributed by atoms with Crippen LogP contribution in [0.1, 0.15) is 23.6 Å². The number of methoxy groups -OCH3 is 3. The molecule has 3 aromatic rings. The number of rotatable bonds is 6. The molecule has 0 saturated carbocycles. The maximum atomic E-state index is 6.76. The maximum Gasteiger partial charge on any atom is 0.179 e. The number of hydrogen-bond donors (Lipinski definition) is 0. The molecule has 1 atom stereocenters. The molecule has 0 fully saturated rings. The predicted molar refractivity (Wildman–Crippen MR) is 120 cm³/mol. The Bertz CT molecular complexity index is 1050. The minimum Gasteiger partial charge on any atom is -0.497 e. The molecule has 6 heteroatoms. The molecule has 0 N–H and O–H groups in total. The van der Waals surface area contributed by atoms with Gasteiger partial charge in [-0.25, -0.2) is 0 Å². The molecule has 1 unspecified atom stereocenters. The average Bonchev–Trinajstić information content (AvgIpc) is 3.24. The predicted octanol–water partition coefficient (Wildman–Crippen LogP) is 5.72. The highest BCUT2D eigenvalue weighted by atomic mass is 35.5. The van der Waals surface area contributed by atoms with Crippen molar-refractivity contribution < 1.29 is 14.2 Å².